The molecule has 2 rings (SSSR count). The van der Waals surface area contributed by atoms with Crippen molar-refractivity contribution in [3.63, 3.8) is 0 Å². The van der Waals surface area contributed by atoms with Crippen LogP contribution in [0.3, 0.4) is 0 Å². The molecular formula is C10H16BN3O2. The third kappa shape index (κ3) is 2.52. The highest BCUT2D eigenvalue weighted by atomic mass is 16.4. The molecule has 1 aromatic rings. The van der Waals surface area contributed by atoms with E-state index in [-0.39, 0.29) is 10.4 Å². The summed E-state index contributed by atoms with van der Waals surface area (Å²) in [6, 6.07) is 1.97. The van der Waals surface area contributed by atoms with Gasteiger partial charge in [0.15, 0.2) is 0 Å². The Hall–Kier alpha value is -1.11. The van der Waals surface area contributed by atoms with E-state index in [0.29, 0.717) is 0 Å². The molecule has 0 bridgehead atoms. The molecule has 0 aromatic carbocycles. The van der Waals surface area contributed by atoms with Crippen LogP contribution in [-0.2, 0) is 0 Å². The summed E-state index contributed by atoms with van der Waals surface area (Å²) < 4.78 is 86.5. The minimum atomic E-state index is -3.52. The smallest absolute Gasteiger partial charge is 0.423 e. The fourth-order valence-corrected chi connectivity index (χ4v) is 1.09. The molecule has 0 aliphatic carbocycles. The van der Waals surface area contributed by atoms with Crippen molar-refractivity contribution in [3.05, 3.63) is 18.3 Å². The van der Waals surface area contributed by atoms with Gasteiger partial charge in [-0.15, -0.1) is 0 Å². The molecule has 0 radical (unpaired) electrons. The Morgan fingerprint density at radius 1 is 1.44 bits per heavy atom. The predicted molar refractivity (Wildman–Crippen MR) is 63.8 cm³/mol. The van der Waals surface area contributed by atoms with E-state index in [1.165, 1.54) is 0 Å². The van der Waals surface area contributed by atoms with Crippen molar-refractivity contribution in [2.45, 2.75) is 0 Å². The van der Waals surface area contributed by atoms with E-state index in [4.69, 9.17) is 15.1 Å². The average Bonchev–Trinajstić information content (AvgIpc) is 2.43. The van der Waals surface area contributed by atoms with Gasteiger partial charge in [0.2, 0.25) is 0 Å². The first-order chi connectivity index (χ1) is 11.9. The first-order valence-electron chi connectivity index (χ1n) is 9.83. The van der Waals surface area contributed by atoms with Gasteiger partial charge in [-0.1, -0.05) is 0 Å². The van der Waals surface area contributed by atoms with Gasteiger partial charge < -0.3 is 19.8 Å². The second-order valence-electron chi connectivity index (χ2n) is 2.94. The molecule has 1 aliphatic heterocycles. The molecule has 86 valence electrons. The zero-order valence-corrected chi connectivity index (χ0v) is 8.05. The Kier molecular flexibility index (Phi) is 1.20. The number of hydrogen-bond donors (Lipinski definition) is 2. The fourth-order valence-electron chi connectivity index (χ4n) is 1.09. The van der Waals surface area contributed by atoms with Gasteiger partial charge in [0.1, 0.15) is 5.82 Å². The van der Waals surface area contributed by atoms with Gasteiger partial charge in [0.25, 0.3) is 0 Å². The number of aromatic nitrogens is 1. The molecule has 1 aliphatic rings. The molecule has 2 N–H and O–H groups in total. The van der Waals surface area contributed by atoms with Crippen molar-refractivity contribution in [1.29, 1.82) is 0 Å². The molecule has 0 amide bonds. The number of nitrogens with zero attached hydrogens (tertiary/aromatic N) is 3. The minimum Gasteiger partial charge on any atom is -0.423 e. The summed E-state index contributed by atoms with van der Waals surface area (Å²) in [6.45, 7) is -17.4. The number of hydrogen-bond acceptors (Lipinski definition) is 5. The average molecular weight is 232 g/mol. The van der Waals surface area contributed by atoms with Crippen LogP contribution in [0.1, 0.15) is 15.1 Å². The van der Waals surface area contributed by atoms with Crippen LogP contribution < -0.4 is 10.4 Å². The summed E-state index contributed by atoms with van der Waals surface area (Å²) in [5.74, 6) is -0.645. The zero-order valence-electron chi connectivity index (χ0n) is 19.0. The SMILES string of the molecule is [2H]C([2H])([2H])N1C([2H])([2H])C([2H])([2H])N(c2cc(B(O)O)ccn2)C([2H])([2H])C1([2H])[2H]. The molecule has 0 spiro atoms. The van der Waals surface area contributed by atoms with E-state index < -0.39 is 50.8 Å². The number of pyridine rings is 1. The normalized spacial score (nSPS) is 41.1. The molecular weight excluding hydrogens is 205 g/mol. The highest BCUT2D eigenvalue weighted by molar-refractivity contribution is 6.58. The Morgan fingerprint density at radius 2 is 2.19 bits per heavy atom. The van der Waals surface area contributed by atoms with E-state index in [1.54, 1.807) is 0 Å². The molecule has 1 saturated heterocycles. The van der Waals surface area contributed by atoms with Crippen LogP contribution in [-0.4, -0.2) is 60.0 Å². The van der Waals surface area contributed by atoms with Gasteiger partial charge in [0.05, 0.1) is 5.48 Å². The Bertz CT molecular complexity index is 699. The lowest BCUT2D eigenvalue weighted by Gasteiger charge is -2.33. The van der Waals surface area contributed by atoms with Crippen LogP contribution in [0.4, 0.5) is 5.82 Å². The van der Waals surface area contributed by atoms with Crippen molar-refractivity contribution >= 4 is 18.4 Å². The highest BCUT2D eigenvalue weighted by Crippen LogP contribution is 2.10. The first-order valence-corrected chi connectivity index (χ1v) is 4.33. The quantitative estimate of drug-likeness (QED) is 0.608. The van der Waals surface area contributed by atoms with Gasteiger partial charge >= 0.3 is 7.12 Å². The van der Waals surface area contributed by atoms with E-state index in [9.17, 15) is 10.0 Å². The topological polar surface area (TPSA) is 59.8 Å². The van der Waals surface area contributed by atoms with Crippen molar-refractivity contribution in [2.75, 3.05) is 37.9 Å². The maximum absolute atomic E-state index is 9.25. The lowest BCUT2D eigenvalue weighted by Crippen LogP contribution is -2.45. The molecule has 1 fully saturated rings. The molecule has 0 unspecified atom stereocenters. The minimum absolute atomic E-state index is 0.0358. The number of likely N-dealkylation sites (N-methyl/N-ethyl adjacent to an activating group) is 1. The van der Waals surface area contributed by atoms with E-state index in [0.717, 1.165) is 18.3 Å². The summed E-state index contributed by atoms with van der Waals surface area (Å²) >= 11 is 0. The maximum atomic E-state index is 9.25. The van der Waals surface area contributed by atoms with Gasteiger partial charge in [-0.3, -0.25) is 0 Å². The van der Waals surface area contributed by atoms with Crippen molar-refractivity contribution in [1.82, 2.24) is 9.88 Å². The van der Waals surface area contributed by atoms with Gasteiger partial charge in [0, 0.05) is 41.8 Å². The lowest BCUT2D eigenvalue weighted by molar-refractivity contribution is 0.312. The Labute approximate surface area is 111 Å². The second-order valence-corrected chi connectivity index (χ2v) is 2.94. The standard InChI is InChI=1S/C10H16BN3O2/c1-13-4-6-14(7-5-13)10-8-9(11(15)16)2-3-12-10/h2-3,8,15-16H,4-7H2,1H3/i1D3,4D2,5D2,6D2,7D2. The summed E-state index contributed by atoms with van der Waals surface area (Å²) in [4.78, 5) is 3.27. The predicted octanol–water partition coefficient (Wildman–Crippen LogP) is -1.49. The van der Waals surface area contributed by atoms with Crippen molar-refractivity contribution < 1.29 is 25.1 Å². The fraction of sp³-hybridized carbons (Fsp3) is 0.500. The van der Waals surface area contributed by atoms with Gasteiger partial charge in [-0.25, -0.2) is 4.98 Å². The van der Waals surface area contributed by atoms with Crippen LogP contribution in [0.2, 0.25) is 0 Å². The second kappa shape index (κ2) is 4.82. The molecule has 0 atom stereocenters. The Balaban J connectivity index is 2.78. The maximum Gasteiger partial charge on any atom is 0.488 e. The van der Waals surface area contributed by atoms with Crippen molar-refractivity contribution in [3.8, 4) is 0 Å². The van der Waals surface area contributed by atoms with E-state index >= 15 is 0 Å². The Morgan fingerprint density at radius 3 is 2.81 bits per heavy atom. The van der Waals surface area contributed by atoms with Crippen LogP contribution in [0, 0.1) is 0 Å². The molecule has 1 aromatic heterocycles. The van der Waals surface area contributed by atoms with Crippen LogP contribution in [0.25, 0.3) is 0 Å². The van der Waals surface area contributed by atoms with Crippen LogP contribution >= 0.6 is 0 Å². The number of piperazine rings is 1. The van der Waals surface area contributed by atoms with E-state index in [1.807, 2.05) is 0 Å². The lowest BCUT2D eigenvalue weighted by atomic mass is 9.81. The molecule has 5 nitrogen and oxygen atoms in total. The number of anilines is 1. The molecule has 16 heavy (non-hydrogen) atoms. The summed E-state index contributed by atoms with van der Waals surface area (Å²) in [6.07, 6.45) is 0.970. The first kappa shape index (κ1) is 3.98. The largest absolute Gasteiger partial charge is 0.488 e. The third-order valence-electron chi connectivity index (χ3n) is 1.84. The number of rotatable bonds is 2. The monoisotopic (exact) mass is 232 g/mol. The zero-order chi connectivity index (χ0) is 21.2. The molecule has 6 heteroatoms. The van der Waals surface area contributed by atoms with Crippen molar-refractivity contribution in [2.24, 2.45) is 0 Å². The summed E-state index contributed by atoms with van der Waals surface area (Å²) in [5.41, 5.74) is -0.231. The third-order valence-corrected chi connectivity index (χ3v) is 1.84. The summed E-state index contributed by atoms with van der Waals surface area (Å²) in [5, 5.41) is 18.5. The highest BCUT2D eigenvalue weighted by Gasteiger charge is 2.17. The molecule has 0 saturated carbocycles. The molecule has 2 heterocycles. The van der Waals surface area contributed by atoms with Crippen LogP contribution in [0.5, 0.6) is 0 Å². The van der Waals surface area contributed by atoms with Gasteiger partial charge in [-0.2, -0.15) is 0 Å². The van der Waals surface area contributed by atoms with Gasteiger partial charge in [-0.05, 0) is 24.6 Å². The summed E-state index contributed by atoms with van der Waals surface area (Å²) in [7, 11) is -2.03. The van der Waals surface area contributed by atoms with Crippen LogP contribution in [0.15, 0.2) is 18.3 Å². The van der Waals surface area contributed by atoms with E-state index in [2.05, 4.69) is 4.98 Å².